The smallest absolute Gasteiger partial charge is 0.311 e. The van der Waals surface area contributed by atoms with E-state index in [1.807, 2.05) is 298 Å². The van der Waals surface area contributed by atoms with Crippen LogP contribution in [0.3, 0.4) is 0 Å². The largest absolute Gasteiger partial charge is 0.493 e. The minimum atomic E-state index is -0.646. The van der Waals surface area contributed by atoms with Crippen LogP contribution in [0, 0.1) is 68.6 Å². The van der Waals surface area contributed by atoms with Gasteiger partial charge in [0.25, 0.3) is 0 Å². The van der Waals surface area contributed by atoms with Gasteiger partial charge >= 0.3 is 44.5 Å². The number of carbonyl (C=O) groups excluding carboxylic acids is 5. The molecule has 0 aliphatic carbocycles. The molecule has 788 valence electrons. The fraction of sp³-hybridized carbons (Fsp3) is 0.550. The SMILES string of the molecule is Cc1cc2[nH]c(=O)sc2c(Br)c1[C@@H](COC(=O)C(C)(C)C)OC(C)(C)C.Cc1cc2c(sc(=O)n2C)c(-c2ccc3c4c(ccnc24)CCO3)c1[C@@H](COC(=O)C(C)(C)C)OC(C)(C)C.Cc1cc2c(sc(=O)n2C)c(Br)c1[C@@H](COC(=O)C(C)(C)C)OC(C)(C)C.Cc1cc2nc(Cl)sc2c(Br)c1[C@@H](COC(=O)C(C)(C)C)OC(C)(C)C.Cc1nc2cc(C)c([C@@H](COC(=O)C(C)(C)C)OC(C)(C)C)c(Br)c2s1. The van der Waals surface area contributed by atoms with Gasteiger partial charge in [0, 0.05) is 83.4 Å². The molecule has 0 amide bonds. The molecule has 144 heavy (non-hydrogen) atoms. The summed E-state index contributed by atoms with van der Waals surface area (Å²) in [5.41, 5.74) is 12.7. The number of aromatic amines is 1. The van der Waals surface area contributed by atoms with Crippen molar-refractivity contribution in [3.05, 3.63) is 172 Å². The van der Waals surface area contributed by atoms with Gasteiger partial charge in [0.2, 0.25) is 0 Å². The zero-order chi connectivity index (χ0) is 109. The number of pyridine rings is 1. The summed E-state index contributed by atoms with van der Waals surface area (Å²) in [7, 11) is 3.56. The number of hydrogen-bond donors (Lipinski definition) is 1. The number of hydrogen-bond acceptors (Lipinski definition) is 27. The molecule has 6 aromatic carbocycles. The van der Waals surface area contributed by atoms with Gasteiger partial charge in [-0.1, -0.05) is 45.6 Å². The molecule has 0 fully saturated rings. The second kappa shape index (κ2) is 46.7. The lowest BCUT2D eigenvalue weighted by Crippen LogP contribution is -2.30. The van der Waals surface area contributed by atoms with E-state index in [-0.39, 0.29) is 89.2 Å². The first-order valence-electron chi connectivity index (χ1n) is 47.7. The van der Waals surface area contributed by atoms with E-state index in [0.29, 0.717) is 11.1 Å². The van der Waals surface area contributed by atoms with E-state index >= 15 is 0 Å². The van der Waals surface area contributed by atoms with Gasteiger partial charge in [0.15, 0.2) is 4.47 Å². The minimum absolute atomic E-state index is 0.0188. The number of carbonyl (C=O) groups is 5. The first-order valence-corrected chi connectivity index (χ1v) is 55.3. The van der Waals surface area contributed by atoms with E-state index < -0.39 is 73.9 Å². The van der Waals surface area contributed by atoms with Crippen LogP contribution in [0.25, 0.3) is 73.1 Å². The Hall–Kier alpha value is -7.26. The third kappa shape index (κ3) is 31.2. The quantitative estimate of drug-likeness (QED) is 0.0516. The summed E-state index contributed by atoms with van der Waals surface area (Å²) in [6.45, 7) is 70.4. The topological polar surface area (TPSA) is 302 Å². The van der Waals surface area contributed by atoms with Crippen LogP contribution in [0.1, 0.15) is 304 Å². The number of thiazole rings is 5. The van der Waals surface area contributed by atoms with Crippen LogP contribution < -0.4 is 19.4 Å². The van der Waals surface area contributed by atoms with E-state index in [9.17, 15) is 38.4 Å². The molecule has 0 saturated heterocycles. The summed E-state index contributed by atoms with van der Waals surface area (Å²) in [6.07, 6.45) is 0.423. The van der Waals surface area contributed by atoms with Crippen molar-refractivity contribution in [1.82, 2.24) is 29.1 Å². The average molecular weight is 2360 g/mol. The summed E-state index contributed by atoms with van der Waals surface area (Å²) < 4.78 is 77.6. The molecule has 12 aromatic rings. The van der Waals surface area contributed by atoms with E-state index in [0.717, 1.165) is 175 Å². The van der Waals surface area contributed by atoms with Gasteiger partial charge in [-0.15, -0.1) is 22.7 Å². The molecule has 0 bridgehead atoms. The standard InChI is InChI=1S/C31H36N2O5S.C20H28BrNO4S.C20H28BrNO3S.C19H25BrClNO3S.C19H26BrNO4S/c1-17-15-20-27(39-29(35)33(20)8)25(19-9-10-21-24-18(12-14-36-21)11-13-32-26(19)24)23(17)22(38-31(5,6)7)16-37-28(34)30(2,3)4;1-11-9-12-16(27-18(24)22(12)8)15(21)14(11)13(26-20(5,6)7)10-25-17(23)19(2,3)4;1-11-9-13-17(26-12(2)22-13)16(21)15(11)14(25-20(6,7)8)10-24-18(23)19(3,4)5;1-10-8-11-15(26-17(21)22-11)14(20)13(10)12(25-19(5,6)7)9-24-16(23)18(2,3)4;1-10-8-11-15(26-17(23)21-11)14(20)13(10)12(25-19(5,6)7)9-24-16(22)18(2,3)4/h9-11,13,15,22H,12,14,16H2,1-8H3;9,13H,10H2,1-8H3;9,14H,10H2,1-8H3;8,12H,9H2,1-7H3;8,12H,9H2,1-7H3,(H,21,23)/t22-;13-;14-;2*12-/m11111/s1. The number of ether oxygens (including phenoxy) is 11. The highest BCUT2D eigenvalue weighted by molar-refractivity contribution is 9.11. The molecule has 6 aromatic heterocycles. The highest BCUT2D eigenvalue weighted by Crippen LogP contribution is 2.50. The highest BCUT2D eigenvalue weighted by atomic mass is 79.9. The third-order valence-electron chi connectivity index (χ3n) is 22.1. The predicted molar refractivity (Wildman–Crippen MR) is 600 cm³/mol. The zero-order valence-corrected chi connectivity index (χ0v) is 102. The molecule has 1 aliphatic heterocycles. The fourth-order valence-electron chi connectivity index (χ4n) is 15.6. The van der Waals surface area contributed by atoms with E-state index in [2.05, 4.69) is 84.7 Å². The normalized spacial score (nSPS) is 14.0. The zero-order valence-electron chi connectivity index (χ0n) is 90.5. The van der Waals surface area contributed by atoms with Gasteiger partial charge in [0.05, 0.1) is 123 Å². The number of aryl methyl sites for hydroxylation is 8. The lowest BCUT2D eigenvalue weighted by Gasteiger charge is -2.31. The second-order valence-electron chi connectivity index (χ2n) is 46.2. The Bertz CT molecular complexity index is 6800. The molecular formula is C109H143Br4ClN6O19S5. The van der Waals surface area contributed by atoms with Crippen molar-refractivity contribution in [3.63, 3.8) is 0 Å². The molecule has 0 radical (unpaired) electrons. The maximum Gasteiger partial charge on any atom is 0.311 e. The number of fused-ring (bicyclic) bond motifs is 5. The molecule has 0 spiro atoms. The monoisotopic (exact) mass is 2350 g/mol. The number of nitrogens with one attached hydrogen (secondary N) is 1. The lowest BCUT2D eigenvalue weighted by molar-refractivity contribution is -0.162. The van der Waals surface area contributed by atoms with Gasteiger partial charge in [-0.3, -0.25) is 43.3 Å². The Balaban J connectivity index is 0.000000203. The molecule has 0 unspecified atom stereocenters. The van der Waals surface area contributed by atoms with E-state index in [4.69, 9.17) is 68.7 Å². The van der Waals surface area contributed by atoms with E-state index in [1.54, 1.807) is 34.6 Å². The predicted octanol–water partition coefficient (Wildman–Crippen LogP) is 29.3. The number of nitrogens with zero attached hydrogens (tertiary/aromatic N) is 5. The van der Waals surface area contributed by atoms with Crippen LogP contribution in [0.15, 0.2) is 87.0 Å². The third-order valence-corrected chi connectivity index (χ3v) is 31.7. The van der Waals surface area contributed by atoms with Crippen LogP contribution in [0.4, 0.5) is 0 Å². The summed E-state index contributed by atoms with van der Waals surface area (Å²) in [4.78, 5) is 115. The van der Waals surface area contributed by atoms with Gasteiger partial charge in [-0.05, 0) is 400 Å². The molecule has 1 N–H and O–H groups in total. The lowest BCUT2D eigenvalue weighted by atomic mass is 9.89. The summed E-state index contributed by atoms with van der Waals surface area (Å²) in [6, 6.07) is 16.1. The highest BCUT2D eigenvalue weighted by Gasteiger charge is 2.39. The van der Waals surface area contributed by atoms with Crippen molar-refractivity contribution in [2.45, 2.75) is 314 Å². The molecule has 13 rings (SSSR count). The molecule has 25 nitrogen and oxygen atoms in total. The van der Waals surface area contributed by atoms with Gasteiger partial charge in [0.1, 0.15) is 69.3 Å². The van der Waals surface area contributed by atoms with Crippen LogP contribution in [0.2, 0.25) is 4.47 Å². The molecule has 7 heterocycles. The number of rotatable bonds is 21. The van der Waals surface area contributed by atoms with Crippen molar-refractivity contribution in [1.29, 1.82) is 0 Å². The van der Waals surface area contributed by atoms with Crippen molar-refractivity contribution in [3.8, 4) is 16.9 Å². The fourth-order valence-corrected chi connectivity index (χ4v) is 24.3. The number of esters is 5. The number of benzene rings is 6. The molecular weight excluding hydrogens is 2210 g/mol. The first kappa shape index (κ1) is 120. The van der Waals surface area contributed by atoms with Crippen LogP contribution in [0.5, 0.6) is 5.75 Å². The molecule has 5 atom stereocenters. The maximum atomic E-state index is 12.9. The summed E-state index contributed by atoms with van der Waals surface area (Å²) in [5, 5.41) is 2.02. The van der Waals surface area contributed by atoms with Gasteiger partial charge < -0.3 is 66.2 Å². The van der Waals surface area contributed by atoms with Crippen molar-refractivity contribution < 1.29 is 76.1 Å². The van der Waals surface area contributed by atoms with Crippen LogP contribution >= 0.6 is 132 Å². The van der Waals surface area contributed by atoms with Crippen molar-refractivity contribution in [2.75, 3.05) is 39.6 Å². The average Bonchev–Trinajstić information content (AvgIpc) is 1.38. The minimum Gasteiger partial charge on any atom is -0.493 e. The van der Waals surface area contributed by atoms with Crippen molar-refractivity contribution >= 4 is 224 Å². The Kier molecular flexibility index (Phi) is 39.0. The van der Waals surface area contributed by atoms with Crippen molar-refractivity contribution in [2.24, 2.45) is 41.2 Å². The van der Waals surface area contributed by atoms with Gasteiger partial charge in [-0.2, -0.15) is 0 Å². The van der Waals surface area contributed by atoms with Crippen LogP contribution in [-0.2, 0) is 91.9 Å². The Morgan fingerprint density at radius 3 is 1.12 bits per heavy atom. The van der Waals surface area contributed by atoms with Crippen LogP contribution in [-0.4, -0.2) is 127 Å². The Morgan fingerprint density at radius 1 is 0.410 bits per heavy atom. The molecule has 1 aliphatic rings. The Morgan fingerprint density at radius 2 is 0.736 bits per heavy atom. The molecule has 35 heteroatoms. The second-order valence-corrected chi connectivity index (χ2v) is 55.1. The summed E-state index contributed by atoms with van der Waals surface area (Å²) >= 11 is 27.4. The number of H-pyrrole nitrogens is 1. The molecule has 0 saturated carbocycles. The van der Waals surface area contributed by atoms with Gasteiger partial charge in [-0.25, -0.2) is 9.97 Å². The Labute approximate surface area is 905 Å². The first-order chi connectivity index (χ1) is 65.9. The number of aromatic nitrogens is 6. The van der Waals surface area contributed by atoms with E-state index in [1.165, 1.54) is 39.6 Å². The summed E-state index contributed by atoms with van der Waals surface area (Å²) in [5.74, 6) is -0.518. The maximum absolute atomic E-state index is 12.9. The number of halogens is 5.